The van der Waals surface area contributed by atoms with Crippen molar-refractivity contribution in [1.29, 1.82) is 0 Å². The summed E-state index contributed by atoms with van der Waals surface area (Å²) in [5, 5.41) is 3.49. The Morgan fingerprint density at radius 1 is 1.16 bits per heavy atom. The van der Waals surface area contributed by atoms with Crippen LogP contribution in [0.1, 0.15) is 37.5 Å². The lowest BCUT2D eigenvalue weighted by atomic mass is 10.1. The van der Waals surface area contributed by atoms with Crippen molar-refractivity contribution in [2.45, 2.75) is 31.7 Å². The standard InChI is InChI=1S/C14H17FN4/c15-11-6-10(7-16-8-11)13-9-18-14(19-13)12-4-2-1-3-5-17-12/h6-9,12,17H,1-5H2,(H,18,19). The highest BCUT2D eigenvalue weighted by Gasteiger charge is 2.17. The fourth-order valence-corrected chi connectivity index (χ4v) is 2.48. The van der Waals surface area contributed by atoms with E-state index in [2.05, 4.69) is 20.3 Å². The van der Waals surface area contributed by atoms with Crippen LogP contribution in [0.25, 0.3) is 11.3 Å². The number of imidazole rings is 1. The van der Waals surface area contributed by atoms with E-state index in [9.17, 15) is 4.39 Å². The summed E-state index contributed by atoms with van der Waals surface area (Å²) in [5.74, 6) is 0.599. The molecule has 0 aliphatic carbocycles. The summed E-state index contributed by atoms with van der Waals surface area (Å²) in [6, 6.07) is 1.74. The molecule has 0 spiro atoms. The van der Waals surface area contributed by atoms with Crippen LogP contribution in [-0.4, -0.2) is 21.5 Å². The minimum Gasteiger partial charge on any atom is -0.341 e. The lowest BCUT2D eigenvalue weighted by Gasteiger charge is -2.12. The van der Waals surface area contributed by atoms with Crippen LogP contribution >= 0.6 is 0 Å². The summed E-state index contributed by atoms with van der Waals surface area (Å²) < 4.78 is 13.2. The summed E-state index contributed by atoms with van der Waals surface area (Å²) >= 11 is 0. The number of halogens is 1. The average molecular weight is 260 g/mol. The first-order valence-electron chi connectivity index (χ1n) is 6.72. The minimum absolute atomic E-state index is 0.276. The van der Waals surface area contributed by atoms with Crippen molar-refractivity contribution in [3.63, 3.8) is 0 Å². The number of aromatic amines is 1. The van der Waals surface area contributed by atoms with Crippen molar-refractivity contribution in [2.24, 2.45) is 0 Å². The highest BCUT2D eigenvalue weighted by Crippen LogP contribution is 2.23. The summed E-state index contributed by atoms with van der Waals surface area (Å²) in [4.78, 5) is 11.6. The van der Waals surface area contributed by atoms with Crippen LogP contribution in [0.4, 0.5) is 4.39 Å². The molecular formula is C14H17FN4. The van der Waals surface area contributed by atoms with E-state index in [1.54, 1.807) is 12.4 Å². The molecule has 1 unspecified atom stereocenters. The molecule has 1 aliphatic heterocycles. The Bertz CT molecular complexity index is 544. The zero-order valence-electron chi connectivity index (χ0n) is 10.7. The van der Waals surface area contributed by atoms with Crippen LogP contribution < -0.4 is 5.32 Å². The van der Waals surface area contributed by atoms with Gasteiger partial charge in [0.25, 0.3) is 0 Å². The molecule has 0 aromatic carbocycles. The van der Waals surface area contributed by atoms with Crippen LogP contribution in [0.15, 0.2) is 24.7 Å². The number of nitrogens with zero attached hydrogens (tertiary/aromatic N) is 2. The molecule has 0 radical (unpaired) electrons. The number of pyridine rings is 1. The second-order valence-electron chi connectivity index (χ2n) is 4.93. The summed E-state index contributed by atoms with van der Waals surface area (Å²) in [7, 11) is 0. The topological polar surface area (TPSA) is 53.6 Å². The second kappa shape index (κ2) is 5.48. The van der Waals surface area contributed by atoms with E-state index in [-0.39, 0.29) is 11.9 Å². The highest BCUT2D eigenvalue weighted by atomic mass is 19.1. The molecule has 2 N–H and O–H groups in total. The monoisotopic (exact) mass is 260 g/mol. The van der Waals surface area contributed by atoms with E-state index < -0.39 is 0 Å². The molecule has 5 heteroatoms. The molecule has 1 saturated heterocycles. The number of hydrogen-bond donors (Lipinski definition) is 2. The Morgan fingerprint density at radius 2 is 2.11 bits per heavy atom. The molecule has 3 rings (SSSR count). The maximum atomic E-state index is 13.2. The molecule has 1 fully saturated rings. The van der Waals surface area contributed by atoms with Gasteiger partial charge in [0.1, 0.15) is 11.6 Å². The van der Waals surface area contributed by atoms with Gasteiger partial charge in [0, 0.05) is 11.8 Å². The molecule has 0 bridgehead atoms. The van der Waals surface area contributed by atoms with Crippen molar-refractivity contribution in [1.82, 2.24) is 20.3 Å². The molecule has 19 heavy (non-hydrogen) atoms. The maximum absolute atomic E-state index is 13.2. The minimum atomic E-state index is -0.332. The quantitative estimate of drug-likeness (QED) is 0.873. The van der Waals surface area contributed by atoms with Crippen LogP contribution in [0.5, 0.6) is 0 Å². The third-order valence-electron chi connectivity index (χ3n) is 3.50. The lowest BCUT2D eigenvalue weighted by Crippen LogP contribution is -2.21. The second-order valence-corrected chi connectivity index (χ2v) is 4.93. The van der Waals surface area contributed by atoms with E-state index in [1.807, 2.05) is 0 Å². The molecular weight excluding hydrogens is 243 g/mol. The maximum Gasteiger partial charge on any atom is 0.142 e. The molecule has 0 saturated carbocycles. The van der Waals surface area contributed by atoms with E-state index >= 15 is 0 Å². The first-order valence-corrected chi connectivity index (χ1v) is 6.72. The van der Waals surface area contributed by atoms with Crippen LogP contribution in [-0.2, 0) is 0 Å². The van der Waals surface area contributed by atoms with Crippen molar-refractivity contribution in [2.75, 3.05) is 6.54 Å². The van der Waals surface area contributed by atoms with Crippen molar-refractivity contribution < 1.29 is 4.39 Å². The first kappa shape index (κ1) is 12.3. The Kier molecular flexibility index (Phi) is 3.55. The summed E-state index contributed by atoms with van der Waals surface area (Å²) in [6.45, 7) is 1.03. The van der Waals surface area contributed by atoms with Gasteiger partial charge in [-0.15, -0.1) is 0 Å². The highest BCUT2D eigenvalue weighted by molar-refractivity contribution is 5.57. The van der Waals surface area contributed by atoms with Gasteiger partial charge >= 0.3 is 0 Å². The third-order valence-corrected chi connectivity index (χ3v) is 3.50. The van der Waals surface area contributed by atoms with Gasteiger partial charge in [0.2, 0.25) is 0 Å². The Balaban J connectivity index is 1.82. The van der Waals surface area contributed by atoms with E-state index in [4.69, 9.17) is 0 Å². The number of nitrogens with one attached hydrogen (secondary N) is 2. The molecule has 1 aliphatic rings. The smallest absolute Gasteiger partial charge is 0.142 e. The fourth-order valence-electron chi connectivity index (χ4n) is 2.48. The van der Waals surface area contributed by atoms with Gasteiger partial charge in [0.05, 0.1) is 24.1 Å². The van der Waals surface area contributed by atoms with E-state index in [0.29, 0.717) is 0 Å². The fraction of sp³-hybridized carbons (Fsp3) is 0.429. The molecule has 0 amide bonds. The number of aromatic nitrogens is 3. The van der Waals surface area contributed by atoms with E-state index in [1.165, 1.54) is 31.5 Å². The van der Waals surface area contributed by atoms with Gasteiger partial charge in [-0.25, -0.2) is 9.37 Å². The third kappa shape index (κ3) is 2.81. The van der Waals surface area contributed by atoms with Crippen molar-refractivity contribution in [3.8, 4) is 11.3 Å². The van der Waals surface area contributed by atoms with Gasteiger partial charge in [-0.1, -0.05) is 12.8 Å². The Morgan fingerprint density at radius 3 is 3.00 bits per heavy atom. The largest absolute Gasteiger partial charge is 0.341 e. The zero-order valence-corrected chi connectivity index (χ0v) is 10.7. The van der Waals surface area contributed by atoms with Gasteiger partial charge in [-0.3, -0.25) is 4.98 Å². The Hall–Kier alpha value is -1.75. The number of H-pyrrole nitrogens is 1. The molecule has 3 heterocycles. The van der Waals surface area contributed by atoms with Gasteiger partial charge in [-0.05, 0) is 25.5 Å². The number of rotatable bonds is 2. The lowest BCUT2D eigenvalue weighted by molar-refractivity contribution is 0.512. The average Bonchev–Trinajstić information content (AvgIpc) is 2.75. The molecule has 1 atom stereocenters. The van der Waals surface area contributed by atoms with Crippen molar-refractivity contribution >= 4 is 0 Å². The van der Waals surface area contributed by atoms with Crippen molar-refractivity contribution in [3.05, 3.63) is 36.3 Å². The predicted molar refractivity (Wildman–Crippen MR) is 71.0 cm³/mol. The summed E-state index contributed by atoms with van der Waals surface area (Å²) in [5.41, 5.74) is 1.54. The molecule has 2 aromatic rings. The SMILES string of the molecule is Fc1cncc(-c2cnc(C3CCCCCN3)[nH]2)c1. The van der Waals surface area contributed by atoms with Gasteiger partial charge in [0.15, 0.2) is 0 Å². The van der Waals surface area contributed by atoms with Crippen LogP contribution in [0.3, 0.4) is 0 Å². The van der Waals surface area contributed by atoms with Gasteiger partial charge in [-0.2, -0.15) is 0 Å². The van der Waals surface area contributed by atoms with Crippen LogP contribution in [0.2, 0.25) is 0 Å². The number of hydrogen-bond acceptors (Lipinski definition) is 3. The normalized spacial score (nSPS) is 20.2. The van der Waals surface area contributed by atoms with Gasteiger partial charge < -0.3 is 10.3 Å². The predicted octanol–water partition coefficient (Wildman–Crippen LogP) is 2.82. The summed E-state index contributed by atoms with van der Waals surface area (Å²) in [6.07, 6.45) is 9.39. The zero-order chi connectivity index (χ0) is 13.1. The molecule has 4 nitrogen and oxygen atoms in total. The molecule has 100 valence electrons. The van der Waals surface area contributed by atoms with E-state index in [0.717, 1.165) is 30.0 Å². The first-order chi connectivity index (χ1) is 9.33. The molecule has 2 aromatic heterocycles. The van der Waals surface area contributed by atoms with Crippen LogP contribution in [0, 0.1) is 5.82 Å². The Labute approximate surface area is 111 Å².